The van der Waals surface area contributed by atoms with Gasteiger partial charge in [-0.25, -0.2) is 0 Å². The summed E-state index contributed by atoms with van der Waals surface area (Å²) in [4.78, 5) is 33.0. The maximum atomic E-state index is 10.2. The maximum absolute atomic E-state index is 10.2. The number of carboxylic acid groups (broad SMARTS) is 3. The van der Waals surface area contributed by atoms with Gasteiger partial charge in [-0.2, -0.15) is 0 Å². The number of ether oxygens (including phenoxy) is 1. The fourth-order valence-electron chi connectivity index (χ4n) is 4.34. The summed E-state index contributed by atoms with van der Waals surface area (Å²) in [5.74, 6) is -3.47. The van der Waals surface area contributed by atoms with Gasteiger partial charge in [-0.15, -0.1) is 0 Å². The summed E-state index contributed by atoms with van der Waals surface area (Å²) in [7, 11) is 0. The summed E-state index contributed by atoms with van der Waals surface area (Å²) >= 11 is 6.87. The first-order chi connectivity index (χ1) is 20.5. The highest BCUT2D eigenvalue weighted by Gasteiger charge is 2.35. The minimum atomic E-state index is -2.23. The Morgan fingerprint density at radius 1 is 0.698 bits per heavy atom. The van der Waals surface area contributed by atoms with E-state index in [1.807, 2.05) is 60.7 Å². The second-order valence-corrected chi connectivity index (χ2v) is 10.1. The maximum Gasteiger partial charge on any atom is 0.306 e. The van der Waals surface area contributed by atoms with Gasteiger partial charge in [0.2, 0.25) is 0 Å². The number of aliphatic hydroxyl groups is 1. The Morgan fingerprint density at radius 2 is 1.12 bits per heavy atom. The van der Waals surface area contributed by atoms with E-state index >= 15 is 0 Å². The molecule has 0 radical (unpaired) electrons. The quantitative estimate of drug-likeness (QED) is 0.159. The number of likely N-dealkylation sites (N-methyl/N-ethyl adjacent to an activating group) is 1. The minimum absolute atomic E-state index is 0.688. The van der Waals surface area contributed by atoms with Crippen LogP contribution in [0.1, 0.15) is 49.8 Å². The lowest BCUT2D eigenvalue weighted by atomic mass is 9.92. The van der Waals surface area contributed by atoms with Crippen molar-refractivity contribution in [2.24, 2.45) is 0 Å². The highest BCUT2D eigenvalue weighted by atomic mass is 35.5. The van der Waals surface area contributed by atoms with Crippen LogP contribution >= 0.6 is 11.6 Å². The lowest BCUT2D eigenvalue weighted by molar-refractivity contribution is -0.153. The lowest BCUT2D eigenvalue weighted by Crippen LogP contribution is -2.36. The van der Waals surface area contributed by atoms with Crippen LogP contribution in [0.3, 0.4) is 0 Å². The molecular weight excluding hydrogens is 574 g/mol. The number of nitrogens with zero attached hydrogens (tertiary/aromatic N) is 1. The normalized spacial score (nSPS) is 11.7. The second kappa shape index (κ2) is 17.7. The monoisotopic (exact) mass is 611 g/mol. The van der Waals surface area contributed by atoms with E-state index in [0.717, 1.165) is 52.7 Å². The van der Waals surface area contributed by atoms with E-state index in [1.165, 1.54) is 0 Å². The van der Waals surface area contributed by atoms with Gasteiger partial charge in [0, 0.05) is 12.1 Å². The number of carboxylic acids is 3. The molecule has 0 saturated carbocycles. The van der Waals surface area contributed by atoms with Crippen LogP contribution in [0.15, 0.2) is 84.9 Å². The molecule has 3 aromatic carbocycles. The predicted octanol–water partition coefficient (Wildman–Crippen LogP) is 5.70. The van der Waals surface area contributed by atoms with Crippen LogP contribution in [0, 0.1) is 0 Å². The first-order valence-corrected chi connectivity index (χ1v) is 14.2. The molecule has 0 fully saturated rings. The Bertz CT molecular complexity index is 1300. The van der Waals surface area contributed by atoms with Crippen molar-refractivity contribution < 1.29 is 39.5 Å². The van der Waals surface area contributed by atoms with Crippen molar-refractivity contribution in [3.63, 3.8) is 0 Å². The van der Waals surface area contributed by atoms with Crippen LogP contribution in [-0.2, 0) is 14.4 Å². The Hall–Kier alpha value is -4.18. The molecule has 9 nitrogen and oxygen atoms in total. The molecule has 0 spiro atoms. The summed E-state index contributed by atoms with van der Waals surface area (Å²) < 4.78 is 5.94. The molecule has 43 heavy (non-hydrogen) atoms. The Labute approximate surface area is 256 Å². The van der Waals surface area contributed by atoms with E-state index in [1.54, 1.807) is 0 Å². The molecule has 0 aliphatic carbocycles. The molecule has 0 aromatic heterocycles. The van der Waals surface area contributed by atoms with Crippen LogP contribution in [0.25, 0.3) is 10.6 Å². The lowest BCUT2D eigenvalue weighted by Gasteiger charge is -2.21. The number of aliphatic carboxylic acids is 3. The third-order valence-electron chi connectivity index (χ3n) is 6.46. The third-order valence-corrected chi connectivity index (χ3v) is 6.87. The van der Waals surface area contributed by atoms with Crippen molar-refractivity contribution in [1.82, 2.24) is 4.90 Å². The zero-order valence-electron chi connectivity index (χ0n) is 24.3. The molecule has 3 aromatic rings. The van der Waals surface area contributed by atoms with Crippen molar-refractivity contribution in [2.45, 2.75) is 38.7 Å². The molecule has 0 amide bonds. The van der Waals surface area contributed by atoms with Crippen molar-refractivity contribution in [1.29, 1.82) is 0 Å². The van der Waals surface area contributed by atoms with Gasteiger partial charge >= 0.3 is 17.9 Å². The molecule has 0 aliphatic rings. The van der Waals surface area contributed by atoms with Gasteiger partial charge in [0.25, 0.3) is 0 Å². The number of carbonyl (C=O) groups is 3. The van der Waals surface area contributed by atoms with Gasteiger partial charge in [0.15, 0.2) is 0 Å². The molecule has 230 valence electrons. The Morgan fingerprint density at radius 3 is 1.53 bits per heavy atom. The van der Waals surface area contributed by atoms with Gasteiger partial charge in [0.1, 0.15) is 12.4 Å². The van der Waals surface area contributed by atoms with E-state index in [0.29, 0.717) is 6.61 Å². The highest BCUT2D eigenvalue weighted by molar-refractivity contribution is 6.53. The molecule has 4 N–H and O–H groups in total. The predicted molar refractivity (Wildman–Crippen MR) is 166 cm³/mol. The van der Waals surface area contributed by atoms with Crippen LogP contribution in [-0.4, -0.2) is 75.1 Å². The number of benzene rings is 3. The summed E-state index contributed by atoms with van der Waals surface area (Å²) in [5.41, 5.74) is 1.96. The van der Waals surface area contributed by atoms with Crippen LogP contribution in [0.4, 0.5) is 0 Å². The fraction of sp³-hybridized carbons (Fsp3) is 0.303. The van der Waals surface area contributed by atoms with Crippen molar-refractivity contribution in [2.75, 3.05) is 26.2 Å². The second-order valence-electron chi connectivity index (χ2n) is 9.76. The van der Waals surface area contributed by atoms with Crippen LogP contribution in [0.5, 0.6) is 5.75 Å². The molecule has 0 saturated heterocycles. The topological polar surface area (TPSA) is 145 Å². The average molecular weight is 612 g/mol. The van der Waals surface area contributed by atoms with Crippen LogP contribution in [0.2, 0.25) is 0 Å². The van der Waals surface area contributed by atoms with Gasteiger partial charge in [-0.3, -0.25) is 14.4 Å². The zero-order chi connectivity index (χ0) is 31.8. The standard InChI is InChI=1S/C26H28ClNO.C7H10O7/c1-3-28(4-2)19-20-29-24-17-15-22(16-18-24)25(21-11-7-5-8-12-21)26(27)23-13-9-6-10-14-23;8-4(9)1-7(14,2-5(10)11)3-6(12)13/h5-18H,3-4,19-20H2,1-2H3;14H,1-3H2,(H,8,9)(H,10,11)(H,12,13)/b26-25+;. The molecule has 10 heteroatoms. The SMILES string of the molecule is CCN(CC)CCOc1ccc(/C(=C(/Cl)c2ccccc2)c2ccccc2)cc1.O=C(O)CC(O)(CC(=O)O)CC(=O)O. The van der Waals surface area contributed by atoms with Gasteiger partial charge in [-0.1, -0.05) is 98.2 Å². The fourth-order valence-corrected chi connectivity index (χ4v) is 4.68. The molecule has 0 heterocycles. The van der Waals surface area contributed by atoms with Gasteiger partial charge < -0.3 is 30.1 Å². The Kier molecular flexibility index (Phi) is 14.4. The first-order valence-electron chi connectivity index (χ1n) is 13.8. The molecule has 0 unspecified atom stereocenters. The number of rotatable bonds is 15. The molecule has 0 atom stereocenters. The van der Waals surface area contributed by atoms with Gasteiger partial charge in [-0.05, 0) is 41.9 Å². The zero-order valence-corrected chi connectivity index (χ0v) is 25.0. The summed E-state index contributed by atoms with van der Waals surface area (Å²) in [6.45, 7) is 8.05. The molecular formula is C33H38ClNO8. The highest BCUT2D eigenvalue weighted by Crippen LogP contribution is 2.35. The van der Waals surface area contributed by atoms with Gasteiger partial charge in [0.05, 0.1) is 29.9 Å². The van der Waals surface area contributed by atoms with E-state index in [2.05, 4.69) is 43.0 Å². The van der Waals surface area contributed by atoms with Crippen molar-refractivity contribution >= 4 is 40.1 Å². The van der Waals surface area contributed by atoms with Crippen molar-refractivity contribution in [3.05, 3.63) is 102 Å². The average Bonchev–Trinajstić information content (AvgIpc) is 2.96. The molecule has 0 aliphatic heterocycles. The number of hydrogen-bond acceptors (Lipinski definition) is 6. The third kappa shape index (κ3) is 12.3. The minimum Gasteiger partial charge on any atom is -0.492 e. The molecule has 3 rings (SSSR count). The summed E-state index contributed by atoms with van der Waals surface area (Å²) in [6.07, 6.45) is -2.73. The summed E-state index contributed by atoms with van der Waals surface area (Å²) in [5, 5.41) is 35.1. The largest absolute Gasteiger partial charge is 0.492 e. The van der Waals surface area contributed by atoms with Crippen LogP contribution < -0.4 is 4.74 Å². The molecule has 0 bridgehead atoms. The number of halogens is 1. The van der Waals surface area contributed by atoms with E-state index in [9.17, 15) is 19.5 Å². The van der Waals surface area contributed by atoms with E-state index < -0.39 is 42.8 Å². The van der Waals surface area contributed by atoms with Crippen molar-refractivity contribution in [3.8, 4) is 5.75 Å². The smallest absolute Gasteiger partial charge is 0.306 e. The van der Waals surface area contributed by atoms with E-state index in [4.69, 9.17) is 31.7 Å². The summed E-state index contributed by atoms with van der Waals surface area (Å²) in [6, 6.07) is 28.6. The number of hydrogen-bond donors (Lipinski definition) is 4. The Balaban J connectivity index is 0.000000391. The van der Waals surface area contributed by atoms with E-state index in [-0.39, 0.29) is 0 Å². The first kappa shape index (κ1) is 35.0.